The van der Waals surface area contributed by atoms with E-state index in [2.05, 4.69) is 65.1 Å². The zero-order valence-electron chi connectivity index (χ0n) is 15.1. The summed E-state index contributed by atoms with van der Waals surface area (Å²) in [4.78, 5) is 0. The molecule has 0 spiro atoms. The van der Waals surface area contributed by atoms with Crippen LogP contribution in [0, 0.1) is 6.92 Å². The summed E-state index contributed by atoms with van der Waals surface area (Å²) in [6.07, 6.45) is 0. The second-order valence-corrected chi connectivity index (χ2v) is 12.3. The molecule has 0 amide bonds. The van der Waals surface area contributed by atoms with Gasteiger partial charge in [0.05, 0.1) is 0 Å². The van der Waals surface area contributed by atoms with Crippen molar-refractivity contribution in [3.63, 3.8) is 0 Å². The molecule has 0 saturated heterocycles. The van der Waals surface area contributed by atoms with Crippen LogP contribution in [0.5, 0.6) is 11.5 Å². The molecule has 0 radical (unpaired) electrons. The van der Waals surface area contributed by atoms with E-state index in [9.17, 15) is 0 Å². The van der Waals surface area contributed by atoms with E-state index in [0.717, 1.165) is 17.1 Å². The Hall–Kier alpha value is -1.74. The Kier molecular flexibility index (Phi) is 5.20. The molecular formula is C20H28O2Si. The topological polar surface area (TPSA) is 18.5 Å². The van der Waals surface area contributed by atoms with E-state index >= 15 is 0 Å². The van der Waals surface area contributed by atoms with Crippen molar-refractivity contribution in [2.24, 2.45) is 0 Å². The van der Waals surface area contributed by atoms with E-state index in [1.54, 1.807) is 0 Å². The summed E-state index contributed by atoms with van der Waals surface area (Å²) in [6, 6.07) is 16.4. The summed E-state index contributed by atoms with van der Waals surface area (Å²) >= 11 is 0. The number of hydrogen-bond donors (Lipinski definition) is 0. The third-order valence-corrected chi connectivity index (χ3v) is 8.85. The van der Waals surface area contributed by atoms with Crippen LogP contribution < -0.4 is 9.16 Å². The van der Waals surface area contributed by atoms with Crippen LogP contribution in [-0.2, 0) is 6.61 Å². The Morgan fingerprint density at radius 1 is 0.913 bits per heavy atom. The molecule has 0 atom stereocenters. The van der Waals surface area contributed by atoms with E-state index < -0.39 is 8.32 Å². The lowest BCUT2D eigenvalue weighted by Gasteiger charge is -2.37. The molecule has 2 nitrogen and oxygen atoms in total. The van der Waals surface area contributed by atoms with Crippen molar-refractivity contribution < 1.29 is 9.16 Å². The molecule has 0 unspecified atom stereocenters. The molecule has 0 N–H and O–H groups in total. The highest BCUT2D eigenvalue weighted by atomic mass is 28.4. The van der Waals surface area contributed by atoms with Crippen molar-refractivity contribution >= 4 is 8.32 Å². The van der Waals surface area contributed by atoms with Gasteiger partial charge >= 0.3 is 0 Å². The van der Waals surface area contributed by atoms with Gasteiger partial charge in [0.2, 0.25) is 0 Å². The first-order valence-electron chi connectivity index (χ1n) is 8.15. The standard InChI is InChI=1S/C20H28O2Si/c1-16-12-13-18(21-15-17-10-8-7-9-11-17)19(14-16)22-23(5,6)20(2,3)4/h7-14H,15H2,1-6H3. The van der Waals surface area contributed by atoms with Gasteiger partial charge in [-0.25, -0.2) is 0 Å². The highest BCUT2D eigenvalue weighted by Gasteiger charge is 2.39. The molecule has 0 aromatic heterocycles. The van der Waals surface area contributed by atoms with Crippen LogP contribution in [-0.4, -0.2) is 8.32 Å². The van der Waals surface area contributed by atoms with Crippen LogP contribution in [0.4, 0.5) is 0 Å². The van der Waals surface area contributed by atoms with E-state index in [-0.39, 0.29) is 5.04 Å². The van der Waals surface area contributed by atoms with Gasteiger partial charge in [-0.15, -0.1) is 0 Å². The fourth-order valence-corrected chi connectivity index (χ4v) is 2.99. The van der Waals surface area contributed by atoms with Gasteiger partial charge < -0.3 is 9.16 Å². The minimum atomic E-state index is -1.89. The third-order valence-electron chi connectivity index (χ3n) is 4.51. The maximum absolute atomic E-state index is 6.48. The van der Waals surface area contributed by atoms with E-state index in [4.69, 9.17) is 9.16 Å². The van der Waals surface area contributed by atoms with Crippen LogP contribution >= 0.6 is 0 Å². The maximum Gasteiger partial charge on any atom is 0.250 e. The van der Waals surface area contributed by atoms with Crippen LogP contribution in [0.3, 0.4) is 0 Å². The van der Waals surface area contributed by atoms with Crippen molar-refractivity contribution in [1.29, 1.82) is 0 Å². The second-order valence-electron chi connectivity index (χ2n) is 7.59. The quantitative estimate of drug-likeness (QED) is 0.631. The molecule has 23 heavy (non-hydrogen) atoms. The molecule has 0 bridgehead atoms. The lowest BCUT2D eigenvalue weighted by Crippen LogP contribution is -2.43. The Balaban J connectivity index is 2.20. The molecule has 0 aliphatic carbocycles. The van der Waals surface area contributed by atoms with Gasteiger partial charge in [0.25, 0.3) is 8.32 Å². The number of aryl methyl sites for hydroxylation is 1. The molecule has 2 aromatic carbocycles. The van der Waals surface area contributed by atoms with Crippen molar-refractivity contribution in [3.05, 3.63) is 59.7 Å². The maximum atomic E-state index is 6.48. The molecule has 3 heteroatoms. The van der Waals surface area contributed by atoms with Crippen molar-refractivity contribution in [2.45, 2.75) is 52.4 Å². The Morgan fingerprint density at radius 2 is 1.57 bits per heavy atom. The lowest BCUT2D eigenvalue weighted by atomic mass is 10.2. The first-order chi connectivity index (χ1) is 10.7. The summed E-state index contributed by atoms with van der Waals surface area (Å²) in [5, 5.41) is 0.160. The van der Waals surface area contributed by atoms with Crippen molar-refractivity contribution in [3.8, 4) is 11.5 Å². The largest absolute Gasteiger partial charge is 0.541 e. The molecule has 0 fully saturated rings. The monoisotopic (exact) mass is 328 g/mol. The molecule has 0 aliphatic rings. The molecule has 124 valence electrons. The fourth-order valence-electron chi connectivity index (χ4n) is 1.98. The molecule has 2 rings (SSSR count). The van der Waals surface area contributed by atoms with Crippen LogP contribution in [0.15, 0.2) is 48.5 Å². The highest BCUT2D eigenvalue weighted by Crippen LogP contribution is 2.40. The van der Waals surface area contributed by atoms with Gasteiger partial charge in [-0.1, -0.05) is 57.2 Å². The second kappa shape index (κ2) is 6.79. The first kappa shape index (κ1) is 17.6. The van der Waals surface area contributed by atoms with Crippen molar-refractivity contribution in [2.75, 3.05) is 0 Å². The molecule has 0 heterocycles. The molecule has 0 saturated carbocycles. The van der Waals surface area contributed by atoms with Gasteiger partial charge in [0, 0.05) is 0 Å². The van der Waals surface area contributed by atoms with Gasteiger partial charge in [-0.05, 0) is 48.3 Å². The average molecular weight is 329 g/mol. The number of hydrogen-bond acceptors (Lipinski definition) is 2. The summed E-state index contributed by atoms with van der Waals surface area (Å²) in [5.74, 6) is 1.69. The highest BCUT2D eigenvalue weighted by molar-refractivity contribution is 6.74. The Labute approximate surface area is 141 Å². The van der Waals surface area contributed by atoms with Gasteiger partial charge in [0.1, 0.15) is 12.4 Å². The Bertz CT molecular complexity index is 642. The van der Waals surface area contributed by atoms with Gasteiger partial charge in [-0.3, -0.25) is 0 Å². The van der Waals surface area contributed by atoms with E-state index in [1.165, 1.54) is 5.56 Å². The summed E-state index contributed by atoms with van der Waals surface area (Å²) < 4.78 is 12.5. The van der Waals surface area contributed by atoms with Crippen LogP contribution in [0.25, 0.3) is 0 Å². The molecule has 0 aliphatic heterocycles. The summed E-state index contributed by atoms with van der Waals surface area (Å²) in [5.41, 5.74) is 2.34. The summed E-state index contributed by atoms with van der Waals surface area (Å²) in [6.45, 7) is 13.9. The predicted octanol–water partition coefficient (Wildman–Crippen LogP) is 5.96. The SMILES string of the molecule is Cc1ccc(OCc2ccccc2)c(O[Si](C)(C)C(C)(C)C)c1. The smallest absolute Gasteiger partial charge is 0.250 e. The van der Waals surface area contributed by atoms with Crippen molar-refractivity contribution in [1.82, 2.24) is 0 Å². The third kappa shape index (κ3) is 4.61. The number of benzene rings is 2. The summed E-state index contributed by atoms with van der Waals surface area (Å²) in [7, 11) is -1.89. The normalized spacial score (nSPS) is 12.1. The predicted molar refractivity (Wildman–Crippen MR) is 99.8 cm³/mol. The Morgan fingerprint density at radius 3 is 2.17 bits per heavy atom. The van der Waals surface area contributed by atoms with E-state index in [0.29, 0.717) is 6.61 Å². The zero-order chi connectivity index (χ0) is 17.1. The van der Waals surface area contributed by atoms with Crippen LogP contribution in [0.2, 0.25) is 18.1 Å². The fraction of sp³-hybridized carbons (Fsp3) is 0.400. The zero-order valence-corrected chi connectivity index (χ0v) is 16.1. The number of rotatable bonds is 5. The average Bonchev–Trinajstić information content (AvgIpc) is 2.46. The van der Waals surface area contributed by atoms with E-state index in [1.807, 2.05) is 24.3 Å². The molecular weight excluding hydrogens is 300 g/mol. The lowest BCUT2D eigenvalue weighted by molar-refractivity contribution is 0.294. The van der Waals surface area contributed by atoms with Gasteiger partial charge in [-0.2, -0.15) is 0 Å². The van der Waals surface area contributed by atoms with Gasteiger partial charge in [0.15, 0.2) is 5.75 Å². The number of ether oxygens (including phenoxy) is 1. The molecule has 2 aromatic rings. The first-order valence-corrected chi connectivity index (χ1v) is 11.1. The minimum absolute atomic E-state index is 0.160. The minimum Gasteiger partial charge on any atom is -0.541 e. The van der Waals surface area contributed by atoms with Crippen LogP contribution in [0.1, 0.15) is 31.9 Å².